The molecular weight excluding hydrogens is 496 g/mol. The van der Waals surface area contributed by atoms with Crippen molar-refractivity contribution in [1.29, 1.82) is 0 Å². The molecule has 8 aromatic rings. The molecule has 3 aromatic heterocycles. The molecule has 0 atom stereocenters. The number of thiophene rings is 1. The highest BCUT2D eigenvalue weighted by Crippen LogP contribution is 2.40. The number of hydrogen-bond donors (Lipinski definition) is 0. The zero-order valence-corrected chi connectivity index (χ0v) is 21.6. The van der Waals surface area contributed by atoms with Gasteiger partial charge in [0.05, 0.1) is 5.52 Å². The van der Waals surface area contributed by atoms with Gasteiger partial charge in [-0.1, -0.05) is 97.1 Å². The molecule has 0 amide bonds. The van der Waals surface area contributed by atoms with Crippen LogP contribution in [0, 0.1) is 0 Å². The molecule has 5 aromatic carbocycles. The Labute approximate surface area is 228 Å². The third-order valence-corrected chi connectivity index (χ3v) is 8.24. The minimum Gasteiger partial charge on any atom is -0.244 e. The van der Waals surface area contributed by atoms with Crippen molar-refractivity contribution in [3.05, 3.63) is 121 Å². The second-order valence-electron chi connectivity index (χ2n) is 9.51. The van der Waals surface area contributed by atoms with Crippen LogP contribution in [0.3, 0.4) is 0 Å². The van der Waals surface area contributed by atoms with Gasteiger partial charge in [0, 0.05) is 42.1 Å². The normalized spacial score (nSPS) is 11.6. The van der Waals surface area contributed by atoms with E-state index in [1.54, 1.807) is 11.3 Å². The molecule has 0 aliphatic carbocycles. The Morgan fingerprint density at radius 1 is 0.385 bits per heavy atom. The predicted molar refractivity (Wildman–Crippen MR) is 162 cm³/mol. The Morgan fingerprint density at radius 2 is 0.974 bits per heavy atom. The summed E-state index contributed by atoms with van der Waals surface area (Å²) in [5.41, 5.74) is 3.56. The lowest BCUT2D eigenvalue weighted by molar-refractivity contribution is 1.07. The minimum absolute atomic E-state index is 0.568. The van der Waals surface area contributed by atoms with Crippen LogP contribution in [-0.2, 0) is 0 Å². The van der Waals surface area contributed by atoms with Gasteiger partial charge in [0.1, 0.15) is 5.69 Å². The number of para-hydroxylation sites is 1. The Bertz CT molecular complexity index is 2110. The van der Waals surface area contributed by atoms with Crippen LogP contribution in [0.2, 0.25) is 0 Å². The summed E-state index contributed by atoms with van der Waals surface area (Å²) in [6.07, 6.45) is 0. The first kappa shape index (κ1) is 22.0. The third kappa shape index (κ3) is 3.67. The van der Waals surface area contributed by atoms with Crippen LogP contribution in [0.1, 0.15) is 0 Å². The number of aromatic nitrogens is 4. The van der Waals surface area contributed by atoms with Crippen molar-refractivity contribution in [2.75, 3.05) is 0 Å². The first-order chi connectivity index (χ1) is 19.3. The van der Waals surface area contributed by atoms with E-state index in [4.69, 9.17) is 19.9 Å². The van der Waals surface area contributed by atoms with Crippen molar-refractivity contribution in [3.8, 4) is 34.3 Å². The van der Waals surface area contributed by atoms with Crippen LogP contribution >= 0.6 is 11.3 Å². The highest BCUT2D eigenvalue weighted by molar-refractivity contribution is 7.25. The maximum atomic E-state index is 5.16. The molecule has 5 heteroatoms. The van der Waals surface area contributed by atoms with Gasteiger partial charge in [0.25, 0.3) is 0 Å². The Hall–Kier alpha value is -5.00. The SMILES string of the molecule is c1ccc(-c2nc(-c3ccccc3)nc(-c3nc4ccccc4c4cc5c(cc34)sc3ccccc35)n2)cc1. The largest absolute Gasteiger partial charge is 0.244 e. The topological polar surface area (TPSA) is 51.6 Å². The standard InChI is InChI=1S/C34H20N4S/c1-3-11-21(12-4-1)32-36-33(22-13-5-2-6-14-22)38-34(37-32)31-27-20-30-26(24-16-8-10-18-29(24)39-30)19-25(27)23-15-7-9-17-28(23)35-31/h1-20H. The van der Waals surface area contributed by atoms with Crippen LogP contribution in [0.4, 0.5) is 0 Å². The minimum atomic E-state index is 0.568. The van der Waals surface area contributed by atoms with E-state index in [1.165, 1.54) is 20.2 Å². The zero-order valence-electron chi connectivity index (χ0n) is 20.7. The summed E-state index contributed by atoms with van der Waals surface area (Å²) in [4.78, 5) is 20.0. The molecule has 0 aliphatic rings. The van der Waals surface area contributed by atoms with E-state index in [0.29, 0.717) is 17.5 Å². The quantitative estimate of drug-likeness (QED) is 0.220. The van der Waals surface area contributed by atoms with Crippen LogP contribution < -0.4 is 0 Å². The molecular formula is C34H20N4S. The number of fused-ring (bicyclic) bond motifs is 6. The van der Waals surface area contributed by atoms with Gasteiger partial charge in [-0.15, -0.1) is 11.3 Å². The number of benzene rings is 5. The van der Waals surface area contributed by atoms with E-state index in [1.807, 2.05) is 66.7 Å². The van der Waals surface area contributed by atoms with E-state index < -0.39 is 0 Å². The van der Waals surface area contributed by atoms with E-state index in [0.717, 1.165) is 38.5 Å². The third-order valence-electron chi connectivity index (χ3n) is 7.11. The van der Waals surface area contributed by atoms with Gasteiger partial charge in [-0.3, -0.25) is 0 Å². The van der Waals surface area contributed by atoms with Crippen molar-refractivity contribution in [2.24, 2.45) is 0 Å². The lowest BCUT2D eigenvalue weighted by Gasteiger charge is -2.12. The summed E-state index contributed by atoms with van der Waals surface area (Å²) >= 11 is 1.80. The van der Waals surface area contributed by atoms with E-state index in [9.17, 15) is 0 Å². The van der Waals surface area contributed by atoms with E-state index in [2.05, 4.69) is 54.6 Å². The maximum absolute atomic E-state index is 5.16. The number of pyridine rings is 1. The Morgan fingerprint density at radius 3 is 1.69 bits per heavy atom. The zero-order chi connectivity index (χ0) is 25.8. The van der Waals surface area contributed by atoms with Crippen molar-refractivity contribution in [3.63, 3.8) is 0 Å². The van der Waals surface area contributed by atoms with E-state index in [-0.39, 0.29) is 0 Å². The molecule has 0 radical (unpaired) electrons. The molecule has 0 spiro atoms. The van der Waals surface area contributed by atoms with Gasteiger partial charge in [0.2, 0.25) is 0 Å². The number of rotatable bonds is 3. The molecule has 0 bridgehead atoms. The van der Waals surface area contributed by atoms with Crippen molar-refractivity contribution in [1.82, 2.24) is 19.9 Å². The van der Waals surface area contributed by atoms with Crippen LogP contribution in [0.25, 0.3) is 76.1 Å². The maximum Gasteiger partial charge on any atom is 0.183 e. The van der Waals surface area contributed by atoms with Crippen LogP contribution in [0.15, 0.2) is 121 Å². The van der Waals surface area contributed by atoms with Crippen molar-refractivity contribution >= 4 is 53.2 Å². The van der Waals surface area contributed by atoms with Gasteiger partial charge >= 0.3 is 0 Å². The van der Waals surface area contributed by atoms with Gasteiger partial charge < -0.3 is 0 Å². The van der Waals surface area contributed by atoms with Gasteiger partial charge in [-0.25, -0.2) is 19.9 Å². The first-order valence-electron chi connectivity index (χ1n) is 12.8. The van der Waals surface area contributed by atoms with Crippen LogP contribution in [0.5, 0.6) is 0 Å². The predicted octanol–water partition coefficient (Wildman–Crippen LogP) is 8.94. The van der Waals surface area contributed by atoms with Crippen LogP contribution in [-0.4, -0.2) is 19.9 Å². The molecule has 0 saturated heterocycles. The fourth-order valence-electron chi connectivity index (χ4n) is 5.25. The summed E-state index contributed by atoms with van der Waals surface area (Å²) in [6, 6.07) is 41.6. The second kappa shape index (κ2) is 8.79. The highest BCUT2D eigenvalue weighted by atomic mass is 32.1. The number of hydrogen-bond acceptors (Lipinski definition) is 5. The second-order valence-corrected chi connectivity index (χ2v) is 10.6. The summed E-state index contributed by atoms with van der Waals surface area (Å²) in [7, 11) is 0. The molecule has 4 nitrogen and oxygen atoms in total. The molecule has 0 aliphatic heterocycles. The summed E-state index contributed by atoms with van der Waals surface area (Å²) in [5, 5.41) is 5.84. The lowest BCUT2D eigenvalue weighted by atomic mass is 10.0. The fraction of sp³-hybridized carbons (Fsp3) is 0. The molecule has 0 saturated carbocycles. The summed E-state index contributed by atoms with van der Waals surface area (Å²) in [5.74, 6) is 1.83. The van der Waals surface area contributed by atoms with Gasteiger partial charge in [-0.2, -0.15) is 0 Å². The highest BCUT2D eigenvalue weighted by Gasteiger charge is 2.18. The smallest absolute Gasteiger partial charge is 0.183 e. The van der Waals surface area contributed by atoms with Gasteiger partial charge in [-0.05, 0) is 29.7 Å². The first-order valence-corrected chi connectivity index (χ1v) is 13.6. The van der Waals surface area contributed by atoms with Gasteiger partial charge in [0.15, 0.2) is 17.5 Å². The van der Waals surface area contributed by atoms with Crippen molar-refractivity contribution in [2.45, 2.75) is 0 Å². The molecule has 3 heterocycles. The summed E-state index contributed by atoms with van der Waals surface area (Å²) < 4.78 is 2.50. The average Bonchev–Trinajstić information content (AvgIpc) is 3.38. The Balaban J connectivity index is 1.48. The van der Waals surface area contributed by atoms with E-state index >= 15 is 0 Å². The average molecular weight is 517 g/mol. The fourth-order valence-corrected chi connectivity index (χ4v) is 6.38. The lowest BCUT2D eigenvalue weighted by Crippen LogP contribution is -2.02. The molecule has 0 unspecified atom stereocenters. The summed E-state index contributed by atoms with van der Waals surface area (Å²) in [6.45, 7) is 0. The number of nitrogens with zero attached hydrogens (tertiary/aromatic N) is 4. The molecule has 0 fully saturated rings. The van der Waals surface area contributed by atoms with Crippen molar-refractivity contribution < 1.29 is 0 Å². The Kier molecular flexibility index (Phi) is 4.96. The molecule has 0 N–H and O–H groups in total. The molecule has 8 rings (SSSR count). The molecule has 39 heavy (non-hydrogen) atoms. The molecule has 182 valence electrons. The monoisotopic (exact) mass is 516 g/mol.